The lowest BCUT2D eigenvalue weighted by molar-refractivity contribution is 0.0696. The number of carboxylic acids is 1. The molecule has 0 heterocycles. The van der Waals surface area contributed by atoms with Crippen molar-refractivity contribution in [1.82, 2.24) is 0 Å². The van der Waals surface area contributed by atoms with Crippen molar-refractivity contribution < 1.29 is 9.90 Å². The molecule has 1 fully saturated rings. The Labute approximate surface area is 163 Å². The number of carbonyl (C=O) groups is 1. The summed E-state index contributed by atoms with van der Waals surface area (Å²) in [5.41, 5.74) is 3.39. The molecule has 136 valence electrons. The van der Waals surface area contributed by atoms with Crippen LogP contribution in [0.4, 0.5) is 5.69 Å². The van der Waals surface area contributed by atoms with Gasteiger partial charge in [0.1, 0.15) is 4.38 Å². The Morgan fingerprint density at radius 1 is 1.12 bits per heavy atom. The van der Waals surface area contributed by atoms with Gasteiger partial charge < -0.3 is 5.11 Å². The molecule has 3 nitrogen and oxygen atoms in total. The van der Waals surface area contributed by atoms with Gasteiger partial charge >= 0.3 is 5.97 Å². The molecule has 1 saturated carbocycles. The summed E-state index contributed by atoms with van der Waals surface area (Å²) in [5.74, 6) is -0.256. The van der Waals surface area contributed by atoms with Crippen molar-refractivity contribution in [3.8, 4) is 0 Å². The predicted molar refractivity (Wildman–Crippen MR) is 113 cm³/mol. The number of benzene rings is 2. The highest BCUT2D eigenvalue weighted by Crippen LogP contribution is 2.36. The lowest BCUT2D eigenvalue weighted by Crippen LogP contribution is -2.03. The molecule has 0 unspecified atom stereocenters. The molecule has 1 aliphatic rings. The largest absolute Gasteiger partial charge is 0.478 e. The fourth-order valence-corrected chi connectivity index (χ4v) is 5.53. The molecular formula is C21H23NO2S2. The van der Waals surface area contributed by atoms with E-state index in [4.69, 9.17) is 4.99 Å². The van der Waals surface area contributed by atoms with Gasteiger partial charge in [-0.3, -0.25) is 0 Å². The zero-order valence-electron chi connectivity index (χ0n) is 14.9. The van der Waals surface area contributed by atoms with Gasteiger partial charge in [-0.05, 0) is 43.5 Å². The van der Waals surface area contributed by atoms with Crippen LogP contribution < -0.4 is 0 Å². The average Bonchev–Trinajstić information content (AvgIpc) is 3.15. The van der Waals surface area contributed by atoms with Crippen molar-refractivity contribution in [2.75, 3.05) is 0 Å². The van der Waals surface area contributed by atoms with E-state index in [9.17, 15) is 9.90 Å². The summed E-state index contributed by atoms with van der Waals surface area (Å²) < 4.78 is 1.03. The molecule has 1 N–H and O–H groups in total. The second kappa shape index (κ2) is 9.28. The maximum absolute atomic E-state index is 11.4. The summed E-state index contributed by atoms with van der Waals surface area (Å²) in [7, 11) is 0. The van der Waals surface area contributed by atoms with Crippen molar-refractivity contribution in [1.29, 1.82) is 0 Å². The van der Waals surface area contributed by atoms with Crippen molar-refractivity contribution in [3.63, 3.8) is 0 Å². The zero-order valence-corrected chi connectivity index (χ0v) is 16.5. The molecule has 0 radical (unpaired) electrons. The molecule has 0 aromatic heterocycles. The average molecular weight is 386 g/mol. The normalized spacial score (nSPS) is 15.3. The first-order valence-corrected chi connectivity index (χ1v) is 10.7. The van der Waals surface area contributed by atoms with Crippen molar-refractivity contribution in [2.45, 2.75) is 43.6 Å². The standard InChI is InChI=1S/C21H23NO2S2/c1-15-10-12-17(13-11-15)22-21(26-18-7-3-4-8-18)25-14-16-6-2-5-9-19(16)20(23)24/h2,5-6,9-13,18H,3-4,7-8,14H2,1H3,(H,23,24). The third-order valence-electron chi connectivity index (χ3n) is 4.42. The summed E-state index contributed by atoms with van der Waals surface area (Å²) in [6, 6.07) is 15.4. The number of aliphatic imine (C=N–C) groups is 1. The Kier molecular flexibility index (Phi) is 6.80. The molecule has 0 bridgehead atoms. The second-order valence-corrected chi connectivity index (χ2v) is 9.00. The van der Waals surface area contributed by atoms with E-state index in [1.54, 1.807) is 23.9 Å². The molecule has 0 amide bonds. The lowest BCUT2D eigenvalue weighted by atomic mass is 10.1. The van der Waals surface area contributed by atoms with Gasteiger partial charge in [0.25, 0.3) is 0 Å². The minimum atomic E-state index is -0.873. The van der Waals surface area contributed by atoms with Crippen LogP contribution in [0.15, 0.2) is 53.5 Å². The number of aryl methyl sites for hydroxylation is 1. The van der Waals surface area contributed by atoms with Gasteiger partial charge in [-0.1, -0.05) is 72.3 Å². The number of thioether (sulfide) groups is 2. The first-order chi connectivity index (χ1) is 12.6. The molecule has 0 aliphatic heterocycles. The van der Waals surface area contributed by atoms with Crippen LogP contribution in [0.3, 0.4) is 0 Å². The Hall–Kier alpha value is -1.72. The van der Waals surface area contributed by atoms with Crippen molar-refractivity contribution >= 4 is 39.6 Å². The maximum atomic E-state index is 11.4. The number of carboxylic acid groups (broad SMARTS) is 1. The quantitative estimate of drug-likeness (QED) is 0.485. The number of rotatable bonds is 5. The summed E-state index contributed by atoms with van der Waals surface area (Å²) in [4.78, 5) is 16.3. The van der Waals surface area contributed by atoms with Crippen molar-refractivity contribution in [3.05, 3.63) is 65.2 Å². The Balaban J connectivity index is 1.77. The summed E-state index contributed by atoms with van der Waals surface area (Å²) in [6.45, 7) is 2.07. The fourth-order valence-electron chi connectivity index (χ4n) is 2.96. The number of hydrogen-bond acceptors (Lipinski definition) is 4. The first kappa shape index (κ1) is 19.1. The number of aromatic carboxylic acids is 1. The Bertz CT molecular complexity index is 781. The third kappa shape index (κ3) is 5.39. The van der Waals surface area contributed by atoms with E-state index >= 15 is 0 Å². The van der Waals surface area contributed by atoms with Crippen LogP contribution >= 0.6 is 23.5 Å². The molecule has 0 spiro atoms. The SMILES string of the molecule is Cc1ccc(N=C(SCc2ccccc2C(=O)O)SC2CCCC2)cc1. The smallest absolute Gasteiger partial charge is 0.335 e. The molecule has 26 heavy (non-hydrogen) atoms. The molecule has 3 rings (SSSR count). The number of nitrogens with zero attached hydrogens (tertiary/aromatic N) is 1. The monoisotopic (exact) mass is 385 g/mol. The molecule has 5 heteroatoms. The predicted octanol–water partition coefficient (Wildman–Crippen LogP) is 6.29. The molecule has 2 aromatic carbocycles. The van der Waals surface area contributed by atoms with Gasteiger partial charge in [0.05, 0.1) is 11.3 Å². The summed E-state index contributed by atoms with van der Waals surface area (Å²) >= 11 is 3.49. The van der Waals surface area contributed by atoms with Crippen LogP contribution in [0.2, 0.25) is 0 Å². The van der Waals surface area contributed by atoms with Crippen molar-refractivity contribution in [2.24, 2.45) is 4.99 Å². The third-order valence-corrected chi connectivity index (χ3v) is 6.96. The highest BCUT2D eigenvalue weighted by Gasteiger charge is 2.19. The zero-order chi connectivity index (χ0) is 18.4. The van der Waals surface area contributed by atoms with Crippen LogP contribution in [0.1, 0.15) is 47.2 Å². The van der Waals surface area contributed by atoms with E-state index in [0.717, 1.165) is 15.6 Å². The second-order valence-electron chi connectivity index (χ2n) is 6.49. The van der Waals surface area contributed by atoms with Crippen LogP contribution in [-0.4, -0.2) is 20.7 Å². The van der Waals surface area contributed by atoms with Crippen LogP contribution in [0.25, 0.3) is 0 Å². The highest BCUT2D eigenvalue weighted by atomic mass is 32.2. The van der Waals surface area contributed by atoms with Gasteiger partial charge in [0.15, 0.2) is 0 Å². The van der Waals surface area contributed by atoms with E-state index in [-0.39, 0.29) is 0 Å². The van der Waals surface area contributed by atoms with E-state index in [1.165, 1.54) is 31.2 Å². The molecule has 0 saturated heterocycles. The van der Waals surface area contributed by atoms with Gasteiger partial charge in [-0.2, -0.15) is 0 Å². The van der Waals surface area contributed by atoms with Gasteiger partial charge in [-0.15, -0.1) is 0 Å². The Morgan fingerprint density at radius 3 is 2.50 bits per heavy atom. The van der Waals surface area contributed by atoms with Gasteiger partial charge in [0.2, 0.25) is 0 Å². The number of hydrogen-bond donors (Lipinski definition) is 1. The Morgan fingerprint density at radius 2 is 1.81 bits per heavy atom. The van der Waals surface area contributed by atoms with E-state index < -0.39 is 5.97 Å². The molecular weight excluding hydrogens is 362 g/mol. The molecule has 0 atom stereocenters. The van der Waals surface area contributed by atoms with E-state index in [2.05, 4.69) is 19.1 Å². The van der Waals surface area contributed by atoms with Gasteiger partial charge in [0, 0.05) is 11.0 Å². The summed E-state index contributed by atoms with van der Waals surface area (Å²) in [5, 5.41) is 10.0. The van der Waals surface area contributed by atoms with E-state index in [0.29, 0.717) is 16.6 Å². The first-order valence-electron chi connectivity index (χ1n) is 8.88. The van der Waals surface area contributed by atoms with Crippen LogP contribution in [-0.2, 0) is 5.75 Å². The summed E-state index contributed by atoms with van der Waals surface area (Å²) in [6.07, 6.45) is 5.07. The minimum absolute atomic E-state index is 0.376. The highest BCUT2D eigenvalue weighted by molar-refractivity contribution is 8.38. The lowest BCUT2D eigenvalue weighted by Gasteiger charge is -2.12. The van der Waals surface area contributed by atoms with Gasteiger partial charge in [-0.25, -0.2) is 9.79 Å². The molecule has 1 aliphatic carbocycles. The van der Waals surface area contributed by atoms with E-state index in [1.807, 2.05) is 36.0 Å². The topological polar surface area (TPSA) is 49.7 Å². The molecule has 2 aromatic rings. The minimum Gasteiger partial charge on any atom is -0.478 e. The van der Waals surface area contributed by atoms with Crippen LogP contribution in [0.5, 0.6) is 0 Å². The fraction of sp³-hybridized carbons (Fsp3) is 0.333. The van der Waals surface area contributed by atoms with Crippen LogP contribution in [0, 0.1) is 6.92 Å². The maximum Gasteiger partial charge on any atom is 0.335 e.